The van der Waals surface area contributed by atoms with E-state index in [9.17, 15) is 18.0 Å². The van der Waals surface area contributed by atoms with Crippen LogP contribution < -0.4 is 10.6 Å². The van der Waals surface area contributed by atoms with Crippen LogP contribution in [-0.4, -0.2) is 35.1 Å². The average molecular weight is 383 g/mol. The first kappa shape index (κ1) is 17.6. The van der Waals surface area contributed by atoms with Gasteiger partial charge in [-0.05, 0) is 43.0 Å². The number of amides is 2. The maximum absolute atomic E-state index is 13.2. The molecule has 0 bridgehead atoms. The maximum Gasteiger partial charge on any atom is 0.416 e. The summed E-state index contributed by atoms with van der Waals surface area (Å²) in [7, 11) is 0. The van der Waals surface area contributed by atoms with E-state index in [4.69, 9.17) is 5.73 Å². The van der Waals surface area contributed by atoms with Crippen molar-refractivity contribution in [1.82, 2.24) is 4.90 Å². The lowest BCUT2D eigenvalue weighted by Gasteiger charge is -2.50. The van der Waals surface area contributed by atoms with E-state index in [1.807, 2.05) is 4.90 Å². The topological polar surface area (TPSA) is 49.6 Å². The van der Waals surface area contributed by atoms with Gasteiger partial charge in [0.05, 0.1) is 5.56 Å². The van der Waals surface area contributed by atoms with Crippen LogP contribution in [0.4, 0.5) is 23.7 Å². The molecule has 0 aromatic heterocycles. The summed E-state index contributed by atoms with van der Waals surface area (Å²) in [5, 5.41) is 0. The van der Waals surface area contributed by atoms with E-state index in [0.717, 1.165) is 48.1 Å². The number of urea groups is 1. The second-order valence-corrected chi connectivity index (χ2v) is 8.07. The quantitative estimate of drug-likeness (QED) is 0.839. The number of nitrogens with two attached hydrogens (primary N) is 1. The zero-order valence-electron chi connectivity index (χ0n) is 14.1. The number of nitrogens with zero attached hydrogens (tertiary/aromatic N) is 2. The highest BCUT2D eigenvalue weighted by atomic mass is 32.2. The van der Waals surface area contributed by atoms with Crippen molar-refractivity contribution in [2.24, 2.45) is 11.7 Å². The largest absolute Gasteiger partial charge is 0.416 e. The summed E-state index contributed by atoms with van der Waals surface area (Å²) in [5.41, 5.74) is 7.65. The molecule has 2 heterocycles. The Morgan fingerprint density at radius 2 is 2.00 bits per heavy atom. The number of carbonyl (C=O) groups excluding carboxylic acids is 1. The number of rotatable bonds is 2. The lowest BCUT2D eigenvalue weighted by molar-refractivity contribution is -0.137. The van der Waals surface area contributed by atoms with Crippen molar-refractivity contribution < 1.29 is 18.0 Å². The number of carbonyl (C=O) groups is 1. The third-order valence-corrected chi connectivity index (χ3v) is 6.68. The van der Waals surface area contributed by atoms with E-state index in [1.54, 1.807) is 22.7 Å². The van der Waals surface area contributed by atoms with Crippen molar-refractivity contribution in [1.29, 1.82) is 0 Å². The van der Waals surface area contributed by atoms with Crippen molar-refractivity contribution in [2.45, 2.75) is 31.6 Å². The summed E-state index contributed by atoms with van der Waals surface area (Å²) in [6, 6.07) is 4.89. The second-order valence-electron chi connectivity index (χ2n) is 7.00. The van der Waals surface area contributed by atoms with Gasteiger partial charge in [-0.15, -0.1) is 0 Å². The average Bonchev–Trinajstić information content (AvgIpc) is 2.99. The second kappa shape index (κ2) is 6.40. The zero-order valence-corrected chi connectivity index (χ0v) is 14.9. The lowest BCUT2D eigenvalue weighted by Crippen LogP contribution is -2.61. The van der Waals surface area contributed by atoms with E-state index in [-0.39, 0.29) is 12.1 Å². The van der Waals surface area contributed by atoms with Crippen molar-refractivity contribution in [3.05, 3.63) is 41.1 Å². The molecular weight excluding hydrogens is 363 g/mol. The monoisotopic (exact) mass is 383 g/mol. The molecule has 3 aliphatic rings. The summed E-state index contributed by atoms with van der Waals surface area (Å²) in [4.78, 5) is 15.7. The third kappa shape index (κ3) is 2.94. The van der Waals surface area contributed by atoms with Crippen LogP contribution >= 0.6 is 11.8 Å². The molecule has 0 radical (unpaired) electrons. The molecule has 0 spiro atoms. The standard InChI is InChI=1S/C18H20F3N3OS/c19-18(20,21)13-4-2-5-14(7-13)24-15-6-1-3-11(15)8-23(17(22)25)16(24)12-9-26-10-12/h2,4-5,7,12,16H,1,3,6,8-10H2,(H2,22,25). The summed E-state index contributed by atoms with van der Waals surface area (Å²) >= 11 is 1.78. The SMILES string of the molecule is NC(=O)N1CC2=C(CCC2)N(c2cccc(C(F)(F)F)c2)C1C1CSC1. The molecule has 140 valence electrons. The molecule has 1 aromatic rings. The van der Waals surface area contributed by atoms with Crippen LogP contribution in [0.3, 0.4) is 0 Å². The summed E-state index contributed by atoms with van der Waals surface area (Å²) in [6.07, 6.45) is -2.06. The first-order chi connectivity index (χ1) is 12.4. The number of anilines is 1. The Bertz CT molecular complexity index is 760. The number of hydrogen-bond donors (Lipinski definition) is 1. The van der Waals surface area contributed by atoms with E-state index in [0.29, 0.717) is 12.2 Å². The highest BCUT2D eigenvalue weighted by Crippen LogP contribution is 2.44. The van der Waals surface area contributed by atoms with Crippen molar-refractivity contribution >= 4 is 23.5 Å². The molecule has 1 aliphatic carbocycles. The number of hydrogen-bond acceptors (Lipinski definition) is 3. The summed E-state index contributed by atoms with van der Waals surface area (Å²) in [5.74, 6) is 1.97. The van der Waals surface area contributed by atoms with Gasteiger partial charge in [0.1, 0.15) is 6.17 Å². The van der Waals surface area contributed by atoms with E-state index < -0.39 is 17.8 Å². The van der Waals surface area contributed by atoms with Gasteiger partial charge in [-0.2, -0.15) is 24.9 Å². The van der Waals surface area contributed by atoms with E-state index in [2.05, 4.69) is 0 Å². The van der Waals surface area contributed by atoms with Gasteiger partial charge < -0.3 is 10.6 Å². The first-order valence-corrected chi connectivity index (χ1v) is 9.83. The Kier molecular flexibility index (Phi) is 4.33. The molecule has 0 saturated carbocycles. The highest BCUT2D eigenvalue weighted by Gasteiger charge is 2.44. The van der Waals surface area contributed by atoms with Crippen LogP contribution in [0.25, 0.3) is 0 Å². The van der Waals surface area contributed by atoms with Crippen LogP contribution in [0.15, 0.2) is 35.5 Å². The van der Waals surface area contributed by atoms with Crippen molar-refractivity contribution in [2.75, 3.05) is 23.0 Å². The third-order valence-electron chi connectivity index (χ3n) is 5.36. The van der Waals surface area contributed by atoms with Crippen LogP contribution in [0.5, 0.6) is 0 Å². The summed E-state index contributed by atoms with van der Waals surface area (Å²) in [6.45, 7) is 0.492. The van der Waals surface area contributed by atoms with Gasteiger partial charge in [0.2, 0.25) is 0 Å². The normalized spacial score (nSPS) is 23.9. The minimum Gasteiger partial charge on any atom is -0.351 e. The number of alkyl halides is 3. The Morgan fingerprint density at radius 1 is 1.23 bits per heavy atom. The molecule has 1 aromatic carbocycles. The Morgan fingerprint density at radius 3 is 2.62 bits per heavy atom. The molecule has 26 heavy (non-hydrogen) atoms. The highest BCUT2D eigenvalue weighted by molar-refractivity contribution is 8.00. The fraction of sp³-hybridized carbons (Fsp3) is 0.500. The van der Waals surface area contributed by atoms with Crippen LogP contribution in [-0.2, 0) is 6.18 Å². The molecule has 1 unspecified atom stereocenters. The van der Waals surface area contributed by atoms with Gasteiger partial charge in [-0.3, -0.25) is 4.90 Å². The number of halogens is 3. The van der Waals surface area contributed by atoms with Crippen molar-refractivity contribution in [3.8, 4) is 0 Å². The van der Waals surface area contributed by atoms with Crippen LogP contribution in [0.1, 0.15) is 24.8 Å². The molecule has 1 fully saturated rings. The van der Waals surface area contributed by atoms with E-state index in [1.165, 1.54) is 12.1 Å². The lowest BCUT2D eigenvalue weighted by atomic mass is 9.99. The van der Waals surface area contributed by atoms with Gasteiger partial charge in [-0.1, -0.05) is 6.07 Å². The molecule has 1 saturated heterocycles. The van der Waals surface area contributed by atoms with Crippen LogP contribution in [0.2, 0.25) is 0 Å². The minimum atomic E-state index is -4.40. The summed E-state index contributed by atoms with van der Waals surface area (Å²) < 4.78 is 39.7. The Labute approximate surface area is 154 Å². The smallest absolute Gasteiger partial charge is 0.351 e. The fourth-order valence-corrected chi connectivity index (χ4v) is 4.94. The van der Waals surface area contributed by atoms with Crippen molar-refractivity contribution in [3.63, 3.8) is 0 Å². The first-order valence-electron chi connectivity index (χ1n) is 8.67. The van der Waals surface area contributed by atoms with Gasteiger partial charge in [0.25, 0.3) is 0 Å². The fourth-order valence-electron chi connectivity index (χ4n) is 4.09. The van der Waals surface area contributed by atoms with Gasteiger partial charge in [0, 0.05) is 35.4 Å². The molecule has 2 N–H and O–H groups in total. The molecule has 4 rings (SSSR count). The number of thioether (sulfide) groups is 1. The predicted octanol–water partition coefficient (Wildman–Crippen LogP) is 4.03. The number of allylic oxidation sites excluding steroid dienone is 1. The maximum atomic E-state index is 13.2. The molecule has 8 heteroatoms. The van der Waals surface area contributed by atoms with Gasteiger partial charge in [-0.25, -0.2) is 4.79 Å². The van der Waals surface area contributed by atoms with Crippen LogP contribution in [0, 0.1) is 5.92 Å². The molecule has 4 nitrogen and oxygen atoms in total. The predicted molar refractivity (Wildman–Crippen MR) is 95.7 cm³/mol. The zero-order chi connectivity index (χ0) is 18.5. The van der Waals surface area contributed by atoms with E-state index >= 15 is 0 Å². The Balaban J connectivity index is 1.81. The molecular formula is C18H20F3N3OS. The molecule has 2 amide bonds. The Hall–Kier alpha value is -1.83. The number of primary amides is 1. The molecule has 1 atom stereocenters. The minimum absolute atomic E-state index is 0.205. The van der Waals surface area contributed by atoms with Gasteiger partial charge in [0.15, 0.2) is 0 Å². The molecule has 2 aliphatic heterocycles. The van der Waals surface area contributed by atoms with Gasteiger partial charge >= 0.3 is 12.2 Å². The number of benzene rings is 1.